The Morgan fingerprint density at radius 3 is 2.78 bits per heavy atom. The Morgan fingerprint density at radius 1 is 1.41 bits per heavy atom. The first-order chi connectivity index (χ1) is 12.6. The lowest BCUT2D eigenvalue weighted by molar-refractivity contribution is -0.144. The lowest BCUT2D eigenvalue weighted by Crippen LogP contribution is -2.54. The molecule has 1 amide bonds. The molecular weight excluding hydrogens is 346 g/mol. The maximum atomic E-state index is 11.8. The van der Waals surface area contributed by atoms with E-state index in [0.717, 1.165) is 30.5 Å². The second-order valence-corrected chi connectivity index (χ2v) is 8.70. The fourth-order valence-corrected chi connectivity index (χ4v) is 4.32. The smallest absolute Gasteiger partial charge is 0.407 e. The van der Waals surface area contributed by atoms with E-state index in [1.165, 1.54) is 0 Å². The summed E-state index contributed by atoms with van der Waals surface area (Å²) in [6, 6.07) is -0.0375. The molecule has 1 spiro atoms. The Balaban J connectivity index is 1.81. The van der Waals surface area contributed by atoms with Crippen LogP contribution in [-0.2, 0) is 22.5 Å². The van der Waals surface area contributed by atoms with Gasteiger partial charge in [-0.05, 0) is 48.7 Å². The summed E-state index contributed by atoms with van der Waals surface area (Å²) in [7, 11) is 0. The number of hydrogen-bond donors (Lipinski definition) is 1. The van der Waals surface area contributed by atoms with E-state index in [4.69, 9.17) is 4.74 Å². The van der Waals surface area contributed by atoms with Gasteiger partial charge in [-0.25, -0.2) is 4.79 Å². The summed E-state index contributed by atoms with van der Waals surface area (Å²) >= 11 is 0. The zero-order valence-corrected chi connectivity index (χ0v) is 16.6. The van der Waals surface area contributed by atoms with E-state index in [0.29, 0.717) is 13.2 Å². The summed E-state index contributed by atoms with van der Waals surface area (Å²) in [6.45, 7) is 9.09. The Bertz CT molecular complexity index is 762. The highest BCUT2D eigenvalue weighted by Gasteiger charge is 2.45. The average Bonchev–Trinajstić information content (AvgIpc) is 2.95. The van der Waals surface area contributed by atoms with Gasteiger partial charge in [-0.15, -0.1) is 0 Å². The molecule has 0 radical (unpaired) electrons. The van der Waals surface area contributed by atoms with Crippen LogP contribution in [0.4, 0.5) is 4.79 Å². The molecule has 1 aliphatic carbocycles. The van der Waals surface area contributed by atoms with Crippen LogP contribution in [0.3, 0.4) is 0 Å². The van der Waals surface area contributed by atoms with Crippen molar-refractivity contribution in [3.63, 3.8) is 0 Å². The van der Waals surface area contributed by atoms with Crippen LogP contribution in [0.25, 0.3) is 6.08 Å². The Hall–Kier alpha value is -2.31. The number of carboxylic acid groups (broad SMARTS) is 1. The van der Waals surface area contributed by atoms with Crippen LogP contribution in [0.5, 0.6) is 0 Å². The molecule has 0 bridgehead atoms. The lowest BCUT2D eigenvalue weighted by Gasteiger charge is -2.50. The van der Waals surface area contributed by atoms with E-state index in [1.807, 2.05) is 12.3 Å². The van der Waals surface area contributed by atoms with Gasteiger partial charge in [-0.1, -0.05) is 26.8 Å². The first-order valence-electron chi connectivity index (χ1n) is 9.54. The molecule has 1 aromatic rings. The number of hydrogen-bond acceptors (Lipinski definition) is 4. The molecule has 1 fully saturated rings. The van der Waals surface area contributed by atoms with Crippen molar-refractivity contribution in [3.05, 3.63) is 23.5 Å². The standard InChI is InChI=1S/C20H29N3O4/c1-5-27-17(24)13-23-15-6-7-20(10-14(15)12-21-23)8-9-22(18(25)26)16(11-20)19(2,3)4/h6-7,12,16H,5,8-11,13H2,1-4H3,(H,25,26). The monoisotopic (exact) mass is 375 g/mol. The van der Waals surface area contributed by atoms with E-state index in [-0.39, 0.29) is 29.4 Å². The van der Waals surface area contributed by atoms with Gasteiger partial charge >= 0.3 is 12.1 Å². The molecule has 1 aromatic heterocycles. The molecule has 1 aliphatic heterocycles. The van der Waals surface area contributed by atoms with Crippen LogP contribution < -0.4 is 0 Å². The van der Waals surface area contributed by atoms with Gasteiger partial charge in [-0.2, -0.15) is 5.10 Å². The molecule has 1 saturated heterocycles. The molecule has 1 N–H and O–H groups in total. The van der Waals surface area contributed by atoms with Crippen LogP contribution in [0.15, 0.2) is 12.3 Å². The molecule has 7 nitrogen and oxygen atoms in total. The third-order valence-electron chi connectivity index (χ3n) is 5.75. The van der Waals surface area contributed by atoms with Gasteiger partial charge in [0.25, 0.3) is 0 Å². The highest BCUT2D eigenvalue weighted by Crippen LogP contribution is 2.46. The number of allylic oxidation sites excluding steroid dienone is 1. The minimum Gasteiger partial charge on any atom is -0.465 e. The van der Waals surface area contributed by atoms with Crippen molar-refractivity contribution in [1.29, 1.82) is 0 Å². The highest BCUT2D eigenvalue weighted by atomic mass is 16.5. The summed E-state index contributed by atoms with van der Waals surface area (Å²) < 4.78 is 6.70. The van der Waals surface area contributed by atoms with Crippen molar-refractivity contribution in [3.8, 4) is 0 Å². The molecule has 7 heteroatoms. The predicted molar refractivity (Wildman–Crippen MR) is 101 cm³/mol. The number of fused-ring (bicyclic) bond motifs is 1. The first-order valence-corrected chi connectivity index (χ1v) is 9.54. The largest absolute Gasteiger partial charge is 0.465 e. The molecule has 2 atom stereocenters. The fourth-order valence-electron chi connectivity index (χ4n) is 4.32. The maximum Gasteiger partial charge on any atom is 0.407 e. The molecule has 0 saturated carbocycles. The number of esters is 1. The average molecular weight is 375 g/mol. The quantitative estimate of drug-likeness (QED) is 0.820. The number of ether oxygens (including phenoxy) is 1. The van der Waals surface area contributed by atoms with Crippen molar-refractivity contribution < 1.29 is 19.4 Å². The van der Waals surface area contributed by atoms with Gasteiger partial charge in [0, 0.05) is 12.6 Å². The second kappa shape index (κ2) is 7.02. The van der Waals surface area contributed by atoms with Crippen LogP contribution in [0.2, 0.25) is 0 Å². The SMILES string of the molecule is CCOC(=O)Cn1ncc2c1C=CC1(CCN(C(=O)O)C(C(C)(C)C)C1)C2. The minimum atomic E-state index is -0.840. The van der Waals surface area contributed by atoms with Crippen molar-refractivity contribution in [1.82, 2.24) is 14.7 Å². The van der Waals surface area contributed by atoms with Crippen LogP contribution in [-0.4, -0.2) is 51.0 Å². The first kappa shape index (κ1) is 19.5. The topological polar surface area (TPSA) is 84.7 Å². The molecule has 2 aliphatic rings. The summed E-state index contributed by atoms with van der Waals surface area (Å²) in [5.74, 6) is -0.292. The zero-order valence-electron chi connectivity index (χ0n) is 16.6. The normalized spacial score (nSPS) is 24.7. The molecule has 3 rings (SSSR count). The lowest BCUT2D eigenvalue weighted by atomic mass is 9.65. The third kappa shape index (κ3) is 3.87. The molecule has 2 unspecified atom stereocenters. The van der Waals surface area contributed by atoms with Crippen LogP contribution in [0, 0.1) is 10.8 Å². The molecule has 0 aromatic carbocycles. The number of carbonyl (C=O) groups excluding carboxylic acids is 1. The Morgan fingerprint density at radius 2 is 2.15 bits per heavy atom. The van der Waals surface area contributed by atoms with E-state index >= 15 is 0 Å². The van der Waals surface area contributed by atoms with Gasteiger partial charge in [0.15, 0.2) is 0 Å². The van der Waals surface area contributed by atoms with Gasteiger partial charge < -0.3 is 14.7 Å². The maximum absolute atomic E-state index is 11.8. The van der Waals surface area contributed by atoms with E-state index in [1.54, 1.807) is 16.5 Å². The van der Waals surface area contributed by atoms with E-state index in [9.17, 15) is 14.7 Å². The minimum absolute atomic E-state index is 0.0375. The summed E-state index contributed by atoms with van der Waals surface area (Å²) in [6.07, 6.45) is 7.65. The number of piperidine rings is 1. The van der Waals surface area contributed by atoms with Crippen molar-refractivity contribution in [2.24, 2.45) is 10.8 Å². The third-order valence-corrected chi connectivity index (χ3v) is 5.75. The predicted octanol–water partition coefficient (Wildman–Crippen LogP) is 3.19. The second-order valence-electron chi connectivity index (χ2n) is 8.70. The summed E-state index contributed by atoms with van der Waals surface area (Å²) in [4.78, 5) is 25.1. The van der Waals surface area contributed by atoms with E-state index < -0.39 is 6.09 Å². The number of likely N-dealkylation sites (tertiary alicyclic amines) is 1. The molecular formula is C20H29N3O4. The molecule has 148 valence electrons. The van der Waals surface area contributed by atoms with E-state index in [2.05, 4.69) is 31.9 Å². The zero-order chi connectivity index (χ0) is 19.8. The summed E-state index contributed by atoms with van der Waals surface area (Å²) in [5, 5.41) is 14.0. The molecule has 2 heterocycles. The van der Waals surface area contributed by atoms with Gasteiger partial charge in [0.2, 0.25) is 0 Å². The highest BCUT2D eigenvalue weighted by molar-refractivity contribution is 5.70. The fraction of sp³-hybridized carbons (Fsp3) is 0.650. The van der Waals surface area contributed by atoms with Gasteiger partial charge in [0.1, 0.15) is 6.54 Å². The Labute approximate surface area is 160 Å². The molecule has 27 heavy (non-hydrogen) atoms. The van der Waals surface area contributed by atoms with Crippen molar-refractivity contribution in [2.75, 3.05) is 13.2 Å². The van der Waals surface area contributed by atoms with Crippen LogP contribution in [0.1, 0.15) is 51.8 Å². The Kier molecular flexibility index (Phi) is 5.06. The summed E-state index contributed by atoms with van der Waals surface area (Å²) in [5.41, 5.74) is 1.86. The number of rotatable bonds is 3. The number of amides is 1. The van der Waals surface area contributed by atoms with Crippen molar-refractivity contribution >= 4 is 18.1 Å². The van der Waals surface area contributed by atoms with Crippen LogP contribution >= 0.6 is 0 Å². The van der Waals surface area contributed by atoms with Gasteiger partial charge in [0.05, 0.1) is 18.5 Å². The number of aromatic nitrogens is 2. The number of carbonyl (C=O) groups is 2. The van der Waals surface area contributed by atoms with Crippen molar-refractivity contribution in [2.45, 2.75) is 59.5 Å². The number of nitrogens with zero attached hydrogens (tertiary/aromatic N) is 3. The van der Waals surface area contributed by atoms with Gasteiger partial charge in [-0.3, -0.25) is 9.48 Å².